The minimum absolute atomic E-state index is 0.618. The average molecular weight is 488 g/mol. The van der Waals surface area contributed by atoms with Gasteiger partial charge in [-0.15, -0.1) is 11.3 Å². The summed E-state index contributed by atoms with van der Waals surface area (Å²) in [6.45, 7) is 7.02. The molecule has 5 heteroatoms. The van der Waals surface area contributed by atoms with Crippen molar-refractivity contribution in [3.8, 4) is 16.9 Å². The number of rotatable bonds is 11. The van der Waals surface area contributed by atoms with E-state index < -0.39 is 11.4 Å². The van der Waals surface area contributed by atoms with Crippen LogP contribution in [0.25, 0.3) is 21.2 Å². The van der Waals surface area contributed by atoms with Crippen molar-refractivity contribution in [2.24, 2.45) is 0 Å². The molecular weight excluding hydrogens is 454 g/mol. The monoisotopic (exact) mass is 487 g/mol. The normalized spacial score (nSPS) is 11.5. The second-order valence-electron chi connectivity index (χ2n) is 9.32. The van der Waals surface area contributed by atoms with Gasteiger partial charge < -0.3 is 15.2 Å². The summed E-state index contributed by atoms with van der Waals surface area (Å²) < 4.78 is 7.57. The van der Waals surface area contributed by atoms with Gasteiger partial charge in [0.1, 0.15) is 5.75 Å². The van der Waals surface area contributed by atoms with Crippen molar-refractivity contribution in [3.63, 3.8) is 0 Å². The van der Waals surface area contributed by atoms with E-state index in [1.807, 2.05) is 24.3 Å². The molecule has 182 valence electrons. The molecule has 4 aromatic rings. The fraction of sp³-hybridized carbons (Fsp3) is 0.300. The third-order valence-electron chi connectivity index (χ3n) is 6.41. The molecule has 0 saturated heterocycles. The van der Waals surface area contributed by atoms with Gasteiger partial charge in [0.15, 0.2) is 0 Å². The zero-order valence-electron chi connectivity index (χ0n) is 20.6. The molecule has 0 amide bonds. The smallest absolute Gasteiger partial charge is 0.313 e. The van der Waals surface area contributed by atoms with Gasteiger partial charge in [-0.2, -0.15) is 0 Å². The van der Waals surface area contributed by atoms with Gasteiger partial charge in [0.05, 0.1) is 12.0 Å². The van der Waals surface area contributed by atoms with E-state index in [-0.39, 0.29) is 0 Å². The molecule has 1 heterocycles. The summed E-state index contributed by atoms with van der Waals surface area (Å²) in [5, 5.41) is 16.4. The van der Waals surface area contributed by atoms with Gasteiger partial charge in [-0.3, -0.25) is 4.79 Å². The Labute approximate surface area is 211 Å². The van der Waals surface area contributed by atoms with Gasteiger partial charge in [0.25, 0.3) is 0 Å². The summed E-state index contributed by atoms with van der Waals surface area (Å²) in [7, 11) is 0. The first kappa shape index (κ1) is 24.8. The molecule has 0 atom stereocenters. The molecule has 0 saturated carbocycles. The van der Waals surface area contributed by atoms with Crippen LogP contribution in [-0.4, -0.2) is 24.2 Å². The highest BCUT2D eigenvalue weighted by molar-refractivity contribution is 7.18. The molecule has 0 spiro atoms. The van der Waals surface area contributed by atoms with Crippen LogP contribution in [-0.2, 0) is 16.6 Å². The lowest BCUT2D eigenvalue weighted by atomic mass is 9.84. The number of benzene rings is 3. The molecule has 0 aliphatic rings. The second-order valence-corrected chi connectivity index (χ2v) is 10.2. The Kier molecular flexibility index (Phi) is 7.76. The topological polar surface area (TPSA) is 58.6 Å². The summed E-state index contributed by atoms with van der Waals surface area (Å²) in [5.41, 5.74) is 4.63. The number of hydrogen-bond acceptors (Lipinski definition) is 4. The first-order chi connectivity index (χ1) is 16.9. The van der Waals surface area contributed by atoms with Crippen LogP contribution in [0.15, 0.2) is 72.1 Å². The van der Waals surface area contributed by atoms with E-state index in [0.717, 1.165) is 42.8 Å². The zero-order chi connectivity index (χ0) is 24.8. The number of carboxylic acid groups (broad SMARTS) is 1. The molecule has 35 heavy (non-hydrogen) atoms. The number of nitrogens with one attached hydrogen (secondary N) is 1. The van der Waals surface area contributed by atoms with Gasteiger partial charge in [-0.25, -0.2) is 0 Å². The van der Waals surface area contributed by atoms with Crippen LogP contribution in [0.3, 0.4) is 0 Å². The van der Waals surface area contributed by atoms with Crippen molar-refractivity contribution in [3.05, 3.63) is 83.2 Å². The molecule has 1 aromatic heterocycles. The Morgan fingerprint density at radius 2 is 1.86 bits per heavy atom. The van der Waals surface area contributed by atoms with Gasteiger partial charge in [-0.05, 0) is 67.5 Å². The fourth-order valence-corrected chi connectivity index (χ4v) is 5.38. The minimum atomic E-state index is -0.919. The van der Waals surface area contributed by atoms with Gasteiger partial charge >= 0.3 is 5.97 Å². The lowest BCUT2D eigenvalue weighted by Gasteiger charge is -2.20. The van der Waals surface area contributed by atoms with Crippen LogP contribution in [0.4, 0.5) is 5.69 Å². The van der Waals surface area contributed by atoms with Crippen molar-refractivity contribution in [2.75, 3.05) is 18.5 Å². The molecule has 4 rings (SSSR count). The molecule has 4 nitrogen and oxygen atoms in total. The molecule has 0 aliphatic heterocycles. The van der Waals surface area contributed by atoms with Crippen LogP contribution < -0.4 is 10.1 Å². The molecule has 0 aliphatic carbocycles. The van der Waals surface area contributed by atoms with E-state index in [1.54, 1.807) is 25.2 Å². The summed E-state index contributed by atoms with van der Waals surface area (Å²) in [6, 6.07) is 22.5. The SMILES string of the molecule is CCCc1c(OCCCNc2cccc(C(C)(C)C(=O)O)c2)ccc2c(-c3ccccc3)csc12. The lowest BCUT2D eigenvalue weighted by Crippen LogP contribution is -2.28. The van der Waals surface area contributed by atoms with Crippen molar-refractivity contribution in [1.82, 2.24) is 0 Å². The highest BCUT2D eigenvalue weighted by atomic mass is 32.1. The zero-order valence-corrected chi connectivity index (χ0v) is 21.5. The molecule has 3 aromatic carbocycles. The van der Waals surface area contributed by atoms with E-state index in [9.17, 15) is 9.90 Å². The number of carbonyl (C=O) groups is 1. The fourth-order valence-electron chi connectivity index (χ4n) is 4.23. The van der Waals surface area contributed by atoms with E-state index in [2.05, 4.69) is 60.1 Å². The van der Waals surface area contributed by atoms with E-state index >= 15 is 0 Å². The number of aryl methyl sites for hydroxylation is 1. The molecule has 0 fully saturated rings. The number of ether oxygens (including phenoxy) is 1. The maximum atomic E-state index is 11.6. The molecule has 0 radical (unpaired) electrons. The average Bonchev–Trinajstić information content (AvgIpc) is 3.30. The Morgan fingerprint density at radius 1 is 1.06 bits per heavy atom. The van der Waals surface area contributed by atoms with Gasteiger partial charge in [-0.1, -0.05) is 55.8 Å². The standard InChI is InChI=1S/C30H33NO3S/c1-4-10-25-27(16-15-24-26(20-35-28(24)25)21-11-6-5-7-12-21)34-18-9-17-31-23-14-8-13-22(19-23)30(2,3)29(32)33/h5-8,11-16,19-20,31H,4,9-10,17-18H2,1-3H3,(H,32,33). The second kappa shape index (κ2) is 11.0. The van der Waals surface area contributed by atoms with Crippen LogP contribution in [0, 0.1) is 0 Å². The largest absolute Gasteiger partial charge is 0.493 e. The lowest BCUT2D eigenvalue weighted by molar-refractivity contribution is -0.142. The molecule has 0 unspecified atom stereocenters. The maximum Gasteiger partial charge on any atom is 0.313 e. The molecular formula is C30H33NO3S. The summed E-state index contributed by atoms with van der Waals surface area (Å²) in [6.07, 6.45) is 2.90. The van der Waals surface area contributed by atoms with Crippen molar-refractivity contribution in [2.45, 2.75) is 45.4 Å². The Morgan fingerprint density at radius 3 is 2.60 bits per heavy atom. The van der Waals surface area contributed by atoms with E-state index in [4.69, 9.17) is 4.74 Å². The minimum Gasteiger partial charge on any atom is -0.493 e. The van der Waals surface area contributed by atoms with Crippen LogP contribution in [0.5, 0.6) is 5.75 Å². The maximum absolute atomic E-state index is 11.6. The van der Waals surface area contributed by atoms with Crippen molar-refractivity contribution in [1.29, 1.82) is 0 Å². The van der Waals surface area contributed by atoms with Crippen molar-refractivity contribution >= 4 is 33.1 Å². The first-order valence-electron chi connectivity index (χ1n) is 12.2. The van der Waals surface area contributed by atoms with Gasteiger partial charge in [0.2, 0.25) is 0 Å². The van der Waals surface area contributed by atoms with E-state index in [1.165, 1.54) is 26.8 Å². The number of fused-ring (bicyclic) bond motifs is 1. The summed E-state index contributed by atoms with van der Waals surface area (Å²) >= 11 is 1.80. The van der Waals surface area contributed by atoms with Crippen LogP contribution in [0.2, 0.25) is 0 Å². The first-order valence-corrected chi connectivity index (χ1v) is 13.1. The summed E-state index contributed by atoms with van der Waals surface area (Å²) in [5.74, 6) is 0.149. The van der Waals surface area contributed by atoms with E-state index in [0.29, 0.717) is 6.61 Å². The Bertz CT molecular complexity index is 1290. The Hall–Kier alpha value is -3.31. The van der Waals surface area contributed by atoms with Crippen molar-refractivity contribution < 1.29 is 14.6 Å². The number of thiophene rings is 1. The summed E-state index contributed by atoms with van der Waals surface area (Å²) in [4.78, 5) is 11.6. The molecule has 0 bridgehead atoms. The third-order valence-corrected chi connectivity index (χ3v) is 7.47. The van der Waals surface area contributed by atoms with Crippen LogP contribution in [0.1, 0.15) is 44.7 Å². The predicted molar refractivity (Wildman–Crippen MR) is 147 cm³/mol. The number of aliphatic carboxylic acids is 1. The highest BCUT2D eigenvalue weighted by Gasteiger charge is 2.29. The van der Waals surface area contributed by atoms with Crippen LogP contribution >= 0.6 is 11.3 Å². The number of hydrogen-bond donors (Lipinski definition) is 2. The third kappa shape index (κ3) is 5.51. The highest BCUT2D eigenvalue weighted by Crippen LogP contribution is 2.40. The molecule has 2 N–H and O–H groups in total. The van der Waals surface area contributed by atoms with Gasteiger partial charge in [0, 0.05) is 33.4 Å². The Balaban J connectivity index is 1.40. The predicted octanol–water partition coefficient (Wildman–Crippen LogP) is 7.76. The number of carboxylic acids is 1. The number of anilines is 1. The quantitative estimate of drug-likeness (QED) is 0.212.